The molecule has 9 heteroatoms. The summed E-state index contributed by atoms with van der Waals surface area (Å²) >= 11 is 0. The van der Waals surface area contributed by atoms with Crippen molar-refractivity contribution in [3.63, 3.8) is 0 Å². The van der Waals surface area contributed by atoms with E-state index in [2.05, 4.69) is 9.62 Å². The molecule has 1 fully saturated rings. The van der Waals surface area contributed by atoms with Crippen molar-refractivity contribution in [1.29, 1.82) is 0 Å². The molecule has 1 atom stereocenters. The first-order valence-corrected chi connectivity index (χ1v) is 8.68. The summed E-state index contributed by atoms with van der Waals surface area (Å²) in [5.41, 5.74) is 0. The zero-order valence-corrected chi connectivity index (χ0v) is 13.5. The molecule has 0 bridgehead atoms. The molecule has 1 aromatic carbocycles. The summed E-state index contributed by atoms with van der Waals surface area (Å²) in [6.45, 7) is 3.00. The Morgan fingerprint density at radius 2 is 2.04 bits per heavy atom. The standard InChI is InChI=1S/C14H19F3N2O3S/c1-22-7-6-19-5-4-10(9-19)8-18-23(20,21)12-3-2-11(15)13(16)14(12)17/h2-3,10,18H,4-9H2,1H3. The number of rotatable bonds is 7. The van der Waals surface area contributed by atoms with Gasteiger partial charge in [-0.2, -0.15) is 0 Å². The van der Waals surface area contributed by atoms with E-state index in [0.717, 1.165) is 25.6 Å². The fourth-order valence-corrected chi connectivity index (χ4v) is 3.71. The summed E-state index contributed by atoms with van der Waals surface area (Å²) in [6.07, 6.45) is 0.798. The molecule has 2 rings (SSSR count). The third-order valence-electron chi connectivity index (χ3n) is 3.83. The normalized spacial score (nSPS) is 19.4. The third-order valence-corrected chi connectivity index (χ3v) is 5.27. The van der Waals surface area contributed by atoms with Gasteiger partial charge in [0.15, 0.2) is 17.5 Å². The first kappa shape index (κ1) is 18.2. The number of halogens is 3. The maximum atomic E-state index is 13.6. The molecule has 0 aliphatic carbocycles. The number of hydrogen-bond donors (Lipinski definition) is 1. The van der Waals surface area contributed by atoms with Crippen LogP contribution < -0.4 is 4.72 Å². The van der Waals surface area contributed by atoms with Gasteiger partial charge < -0.3 is 9.64 Å². The van der Waals surface area contributed by atoms with Crippen molar-refractivity contribution in [1.82, 2.24) is 9.62 Å². The topological polar surface area (TPSA) is 58.6 Å². The van der Waals surface area contributed by atoms with Gasteiger partial charge in [0.25, 0.3) is 0 Å². The zero-order chi connectivity index (χ0) is 17.0. The van der Waals surface area contributed by atoms with Crippen molar-refractivity contribution in [2.45, 2.75) is 11.3 Å². The first-order valence-electron chi connectivity index (χ1n) is 7.19. The van der Waals surface area contributed by atoms with E-state index in [1.54, 1.807) is 7.11 Å². The largest absolute Gasteiger partial charge is 0.383 e. The fraction of sp³-hybridized carbons (Fsp3) is 0.571. The molecule has 0 saturated carbocycles. The summed E-state index contributed by atoms with van der Waals surface area (Å²) in [6, 6.07) is 1.31. The van der Waals surface area contributed by atoms with Crippen LogP contribution in [0.25, 0.3) is 0 Å². The van der Waals surface area contributed by atoms with Gasteiger partial charge in [0.05, 0.1) is 6.61 Å². The van der Waals surface area contributed by atoms with Crippen molar-refractivity contribution in [3.8, 4) is 0 Å². The average Bonchev–Trinajstić information content (AvgIpc) is 2.96. The highest BCUT2D eigenvalue weighted by molar-refractivity contribution is 7.89. The predicted octanol–water partition coefficient (Wildman–Crippen LogP) is 1.35. The maximum Gasteiger partial charge on any atom is 0.243 e. The molecule has 1 aromatic rings. The molecule has 1 aliphatic rings. The zero-order valence-electron chi connectivity index (χ0n) is 12.7. The lowest BCUT2D eigenvalue weighted by atomic mass is 10.1. The lowest BCUT2D eigenvalue weighted by Gasteiger charge is -2.15. The van der Waals surface area contributed by atoms with Gasteiger partial charge in [0, 0.05) is 26.7 Å². The van der Waals surface area contributed by atoms with E-state index < -0.39 is 32.4 Å². The second-order valence-electron chi connectivity index (χ2n) is 5.47. The van der Waals surface area contributed by atoms with Crippen LogP contribution in [0.2, 0.25) is 0 Å². The van der Waals surface area contributed by atoms with Crippen LogP contribution in [0.5, 0.6) is 0 Å². The van der Waals surface area contributed by atoms with E-state index in [-0.39, 0.29) is 12.5 Å². The van der Waals surface area contributed by atoms with Crippen LogP contribution in [0.4, 0.5) is 13.2 Å². The number of methoxy groups -OCH3 is 1. The van der Waals surface area contributed by atoms with Crippen LogP contribution in [0.15, 0.2) is 17.0 Å². The van der Waals surface area contributed by atoms with Crippen LogP contribution in [0, 0.1) is 23.4 Å². The molecule has 0 radical (unpaired) electrons. The van der Waals surface area contributed by atoms with E-state index in [1.165, 1.54) is 0 Å². The van der Waals surface area contributed by atoms with Gasteiger partial charge in [-0.15, -0.1) is 0 Å². The number of likely N-dealkylation sites (tertiary alicyclic amines) is 1. The van der Waals surface area contributed by atoms with E-state index in [4.69, 9.17) is 4.74 Å². The Hall–Kier alpha value is -1.16. The molecular weight excluding hydrogens is 333 g/mol. The Labute approximate surface area is 133 Å². The van der Waals surface area contributed by atoms with Crippen LogP contribution in [0.1, 0.15) is 6.42 Å². The molecule has 1 aliphatic heterocycles. The number of ether oxygens (including phenoxy) is 1. The van der Waals surface area contributed by atoms with Crippen molar-refractivity contribution < 1.29 is 26.3 Å². The van der Waals surface area contributed by atoms with E-state index in [0.29, 0.717) is 19.2 Å². The highest BCUT2D eigenvalue weighted by Gasteiger charge is 2.27. The molecule has 0 amide bonds. The molecule has 0 aromatic heterocycles. The summed E-state index contributed by atoms with van der Waals surface area (Å²) in [5, 5.41) is 0. The second kappa shape index (κ2) is 7.61. The van der Waals surface area contributed by atoms with E-state index >= 15 is 0 Å². The highest BCUT2D eigenvalue weighted by Crippen LogP contribution is 2.20. The van der Waals surface area contributed by atoms with Gasteiger partial charge in [0.1, 0.15) is 4.90 Å². The molecule has 130 valence electrons. The molecule has 1 N–H and O–H groups in total. The van der Waals surface area contributed by atoms with Crippen LogP contribution in [0.3, 0.4) is 0 Å². The first-order chi connectivity index (χ1) is 10.8. The molecule has 0 spiro atoms. The molecular formula is C14H19F3N2O3S. The smallest absolute Gasteiger partial charge is 0.243 e. The lowest BCUT2D eigenvalue weighted by Crippen LogP contribution is -2.32. The monoisotopic (exact) mass is 352 g/mol. The van der Waals surface area contributed by atoms with Crippen molar-refractivity contribution in [2.75, 3.05) is 39.9 Å². The Balaban J connectivity index is 1.97. The minimum absolute atomic E-state index is 0.0787. The number of nitrogens with one attached hydrogen (secondary N) is 1. The van der Waals surface area contributed by atoms with E-state index in [1.807, 2.05) is 0 Å². The maximum absolute atomic E-state index is 13.6. The number of hydrogen-bond acceptors (Lipinski definition) is 4. The van der Waals surface area contributed by atoms with Gasteiger partial charge in [-0.1, -0.05) is 0 Å². The quantitative estimate of drug-likeness (QED) is 0.753. The summed E-state index contributed by atoms with van der Waals surface area (Å²) < 4.78 is 71.0. The van der Waals surface area contributed by atoms with Crippen LogP contribution in [-0.2, 0) is 14.8 Å². The minimum Gasteiger partial charge on any atom is -0.383 e. The summed E-state index contributed by atoms with van der Waals surface area (Å²) in [4.78, 5) is 1.26. The number of nitrogens with zero attached hydrogens (tertiary/aromatic N) is 1. The van der Waals surface area contributed by atoms with Gasteiger partial charge in [-0.25, -0.2) is 26.3 Å². The third kappa shape index (κ3) is 4.43. The number of sulfonamides is 1. The predicted molar refractivity (Wildman–Crippen MR) is 77.9 cm³/mol. The van der Waals surface area contributed by atoms with Crippen LogP contribution >= 0.6 is 0 Å². The number of benzene rings is 1. The molecule has 5 nitrogen and oxygen atoms in total. The Kier molecular flexibility index (Phi) is 6.01. The Bertz CT molecular complexity index is 655. The van der Waals surface area contributed by atoms with Crippen molar-refractivity contribution in [3.05, 3.63) is 29.6 Å². The van der Waals surface area contributed by atoms with Gasteiger partial charge in [0.2, 0.25) is 10.0 Å². The van der Waals surface area contributed by atoms with Gasteiger partial charge >= 0.3 is 0 Å². The van der Waals surface area contributed by atoms with Crippen molar-refractivity contribution >= 4 is 10.0 Å². The fourth-order valence-electron chi connectivity index (χ4n) is 2.52. The second-order valence-corrected chi connectivity index (χ2v) is 7.21. The van der Waals surface area contributed by atoms with E-state index in [9.17, 15) is 21.6 Å². The Morgan fingerprint density at radius 3 is 2.74 bits per heavy atom. The molecule has 1 unspecified atom stereocenters. The average molecular weight is 352 g/mol. The highest BCUT2D eigenvalue weighted by atomic mass is 32.2. The molecule has 1 heterocycles. The van der Waals surface area contributed by atoms with Gasteiger partial charge in [-0.05, 0) is 31.0 Å². The van der Waals surface area contributed by atoms with Crippen molar-refractivity contribution in [2.24, 2.45) is 5.92 Å². The Morgan fingerprint density at radius 1 is 1.30 bits per heavy atom. The summed E-state index contributed by atoms with van der Waals surface area (Å²) in [7, 11) is -2.62. The lowest BCUT2D eigenvalue weighted by molar-refractivity contribution is 0.159. The molecule has 23 heavy (non-hydrogen) atoms. The summed E-state index contributed by atoms with van der Waals surface area (Å²) in [5.74, 6) is -4.84. The van der Waals surface area contributed by atoms with Gasteiger partial charge in [-0.3, -0.25) is 0 Å². The molecule has 1 saturated heterocycles. The minimum atomic E-state index is -4.23. The SMILES string of the molecule is COCCN1CCC(CNS(=O)(=O)c2ccc(F)c(F)c2F)C1. The van der Waals surface area contributed by atoms with Crippen LogP contribution in [-0.4, -0.2) is 53.2 Å².